The largest absolute Gasteiger partial charge is 0.480 e. The van der Waals surface area contributed by atoms with Gasteiger partial charge in [0.1, 0.15) is 12.1 Å². The highest BCUT2D eigenvalue weighted by atomic mass is 16.4. The zero-order valence-corrected chi connectivity index (χ0v) is 9.87. The summed E-state index contributed by atoms with van der Waals surface area (Å²) in [6.45, 7) is 0.641. The first-order chi connectivity index (χ1) is 8.72. The molecule has 1 aliphatic carbocycles. The van der Waals surface area contributed by atoms with E-state index in [1.807, 2.05) is 24.3 Å². The van der Waals surface area contributed by atoms with Gasteiger partial charge in [0, 0.05) is 6.54 Å². The molecular formula is C13H14N2O3. The monoisotopic (exact) mass is 246 g/mol. The Morgan fingerprint density at radius 3 is 2.89 bits per heavy atom. The smallest absolute Gasteiger partial charge is 0.323 e. The molecule has 1 aromatic heterocycles. The SMILES string of the molecule is O=C(O)CN(CC1CC1)c1nc2ccccc2o1. The Balaban J connectivity index is 1.89. The Morgan fingerprint density at radius 1 is 1.44 bits per heavy atom. The molecule has 1 aliphatic rings. The molecule has 18 heavy (non-hydrogen) atoms. The molecule has 0 aliphatic heterocycles. The third-order valence-electron chi connectivity index (χ3n) is 3.05. The highest BCUT2D eigenvalue weighted by Crippen LogP contribution is 2.32. The van der Waals surface area contributed by atoms with E-state index < -0.39 is 5.97 Å². The van der Waals surface area contributed by atoms with Crippen LogP contribution in [0.15, 0.2) is 28.7 Å². The lowest BCUT2D eigenvalue weighted by atomic mass is 10.3. The molecule has 0 saturated heterocycles. The number of hydrogen-bond donors (Lipinski definition) is 1. The molecule has 1 N–H and O–H groups in total. The Bertz CT molecular complexity index is 541. The molecule has 1 heterocycles. The van der Waals surface area contributed by atoms with Gasteiger partial charge in [-0.05, 0) is 30.9 Å². The lowest BCUT2D eigenvalue weighted by Gasteiger charge is -2.17. The second-order valence-corrected chi connectivity index (χ2v) is 4.68. The van der Waals surface area contributed by atoms with Crippen molar-refractivity contribution in [1.82, 2.24) is 4.98 Å². The highest BCUT2D eigenvalue weighted by molar-refractivity contribution is 5.76. The number of benzene rings is 1. The summed E-state index contributed by atoms with van der Waals surface area (Å²) in [7, 11) is 0. The fourth-order valence-electron chi connectivity index (χ4n) is 1.98. The molecule has 2 aromatic rings. The zero-order valence-electron chi connectivity index (χ0n) is 9.87. The predicted molar refractivity (Wildman–Crippen MR) is 66.6 cm³/mol. The number of fused-ring (bicyclic) bond motifs is 1. The van der Waals surface area contributed by atoms with Crippen LogP contribution in [0.25, 0.3) is 11.1 Å². The van der Waals surface area contributed by atoms with Gasteiger partial charge >= 0.3 is 5.97 Å². The number of anilines is 1. The topological polar surface area (TPSA) is 66.6 Å². The summed E-state index contributed by atoms with van der Waals surface area (Å²) in [6, 6.07) is 7.86. The Hall–Kier alpha value is -2.04. The van der Waals surface area contributed by atoms with Crippen molar-refractivity contribution in [3.63, 3.8) is 0 Å². The molecule has 1 saturated carbocycles. The Labute approximate surface area is 104 Å². The summed E-state index contributed by atoms with van der Waals surface area (Å²) >= 11 is 0. The molecule has 1 aromatic carbocycles. The van der Waals surface area contributed by atoms with Crippen molar-refractivity contribution < 1.29 is 14.3 Å². The molecular weight excluding hydrogens is 232 g/mol. The summed E-state index contributed by atoms with van der Waals surface area (Å²) in [4.78, 5) is 16.9. The van der Waals surface area contributed by atoms with Crippen LogP contribution in [-0.2, 0) is 4.79 Å². The van der Waals surface area contributed by atoms with Crippen molar-refractivity contribution in [2.75, 3.05) is 18.0 Å². The van der Waals surface area contributed by atoms with Crippen LogP contribution in [0.5, 0.6) is 0 Å². The predicted octanol–water partition coefficient (Wildman–Crippen LogP) is 2.13. The lowest BCUT2D eigenvalue weighted by molar-refractivity contribution is -0.135. The van der Waals surface area contributed by atoms with Crippen LogP contribution in [0.1, 0.15) is 12.8 Å². The van der Waals surface area contributed by atoms with Crippen molar-refractivity contribution in [1.29, 1.82) is 0 Å². The Morgan fingerprint density at radius 2 is 2.22 bits per heavy atom. The fourth-order valence-corrected chi connectivity index (χ4v) is 1.98. The molecule has 5 nitrogen and oxygen atoms in total. The number of hydrogen-bond acceptors (Lipinski definition) is 4. The second kappa shape index (κ2) is 4.33. The van der Waals surface area contributed by atoms with Crippen LogP contribution in [-0.4, -0.2) is 29.1 Å². The van der Waals surface area contributed by atoms with Gasteiger partial charge in [0.25, 0.3) is 6.01 Å². The summed E-state index contributed by atoms with van der Waals surface area (Å²) in [5.41, 5.74) is 1.46. The molecule has 0 unspecified atom stereocenters. The van der Waals surface area contributed by atoms with E-state index in [-0.39, 0.29) is 6.54 Å². The van der Waals surface area contributed by atoms with Gasteiger partial charge in [-0.3, -0.25) is 4.79 Å². The van der Waals surface area contributed by atoms with Crippen LogP contribution >= 0.6 is 0 Å². The van der Waals surface area contributed by atoms with Crippen molar-refractivity contribution >= 4 is 23.1 Å². The highest BCUT2D eigenvalue weighted by Gasteiger charge is 2.27. The van der Waals surface area contributed by atoms with Crippen molar-refractivity contribution in [3.8, 4) is 0 Å². The first-order valence-electron chi connectivity index (χ1n) is 6.04. The van der Waals surface area contributed by atoms with E-state index in [0.29, 0.717) is 24.1 Å². The molecule has 0 bridgehead atoms. The number of aliphatic carboxylic acids is 1. The average Bonchev–Trinajstić information content (AvgIpc) is 3.04. The van der Waals surface area contributed by atoms with E-state index in [1.54, 1.807) is 4.90 Å². The van der Waals surface area contributed by atoms with E-state index in [0.717, 1.165) is 18.4 Å². The first-order valence-corrected chi connectivity index (χ1v) is 6.04. The lowest BCUT2D eigenvalue weighted by Crippen LogP contribution is -2.31. The molecule has 0 spiro atoms. The van der Waals surface area contributed by atoms with Crippen molar-refractivity contribution in [3.05, 3.63) is 24.3 Å². The number of rotatable bonds is 5. The average molecular weight is 246 g/mol. The van der Waals surface area contributed by atoms with Gasteiger partial charge in [0.2, 0.25) is 0 Å². The third-order valence-corrected chi connectivity index (χ3v) is 3.05. The van der Waals surface area contributed by atoms with Crippen LogP contribution in [0.4, 0.5) is 6.01 Å². The van der Waals surface area contributed by atoms with Crippen LogP contribution in [0.3, 0.4) is 0 Å². The maximum absolute atomic E-state index is 10.9. The van der Waals surface area contributed by atoms with Gasteiger partial charge in [0.15, 0.2) is 5.58 Å². The maximum atomic E-state index is 10.9. The van der Waals surface area contributed by atoms with E-state index in [1.165, 1.54) is 0 Å². The second-order valence-electron chi connectivity index (χ2n) is 4.68. The minimum Gasteiger partial charge on any atom is -0.480 e. The number of carbonyl (C=O) groups is 1. The minimum atomic E-state index is -0.863. The summed E-state index contributed by atoms with van der Waals surface area (Å²) in [5.74, 6) is -0.280. The van der Waals surface area contributed by atoms with E-state index >= 15 is 0 Å². The number of nitrogens with zero attached hydrogens (tertiary/aromatic N) is 2. The summed E-state index contributed by atoms with van der Waals surface area (Å²) in [5, 5.41) is 8.94. The van der Waals surface area contributed by atoms with Gasteiger partial charge in [-0.2, -0.15) is 4.98 Å². The minimum absolute atomic E-state index is 0.0661. The molecule has 5 heteroatoms. The molecule has 0 amide bonds. The van der Waals surface area contributed by atoms with Gasteiger partial charge in [-0.15, -0.1) is 0 Å². The molecule has 3 rings (SSSR count). The quantitative estimate of drug-likeness (QED) is 0.875. The third kappa shape index (κ3) is 2.30. The molecule has 0 atom stereocenters. The van der Waals surface area contributed by atoms with Crippen LogP contribution in [0.2, 0.25) is 0 Å². The number of carboxylic acid groups (broad SMARTS) is 1. The van der Waals surface area contributed by atoms with Gasteiger partial charge < -0.3 is 14.4 Å². The number of carboxylic acids is 1. The van der Waals surface area contributed by atoms with Crippen molar-refractivity contribution in [2.45, 2.75) is 12.8 Å². The van der Waals surface area contributed by atoms with Crippen LogP contribution < -0.4 is 4.90 Å². The van der Waals surface area contributed by atoms with Crippen LogP contribution in [0, 0.1) is 5.92 Å². The van der Waals surface area contributed by atoms with E-state index in [9.17, 15) is 4.79 Å². The summed E-state index contributed by atoms with van der Waals surface area (Å²) in [6.07, 6.45) is 2.33. The van der Waals surface area contributed by atoms with Gasteiger partial charge in [-0.1, -0.05) is 12.1 Å². The van der Waals surface area contributed by atoms with E-state index in [4.69, 9.17) is 9.52 Å². The normalized spacial score (nSPS) is 14.9. The maximum Gasteiger partial charge on any atom is 0.323 e. The zero-order chi connectivity index (χ0) is 12.5. The molecule has 94 valence electrons. The summed E-state index contributed by atoms with van der Waals surface area (Å²) < 4.78 is 5.61. The fraction of sp³-hybridized carbons (Fsp3) is 0.385. The number of oxazole rings is 1. The van der Waals surface area contributed by atoms with Gasteiger partial charge in [-0.25, -0.2) is 0 Å². The number of para-hydroxylation sites is 2. The Kier molecular flexibility index (Phi) is 2.66. The molecule has 1 fully saturated rings. The van der Waals surface area contributed by atoms with E-state index in [2.05, 4.69) is 4.98 Å². The van der Waals surface area contributed by atoms with Gasteiger partial charge in [0.05, 0.1) is 0 Å². The number of aromatic nitrogens is 1. The molecule has 0 radical (unpaired) electrons. The van der Waals surface area contributed by atoms with Crippen molar-refractivity contribution in [2.24, 2.45) is 5.92 Å². The first kappa shape index (κ1) is 11.1. The standard InChI is InChI=1S/C13H14N2O3/c16-12(17)8-15(7-9-5-6-9)13-14-10-3-1-2-4-11(10)18-13/h1-4,9H,5-8H2,(H,16,17).